The molecule has 0 amide bonds. The van der Waals surface area contributed by atoms with Crippen LogP contribution < -0.4 is 4.74 Å². The summed E-state index contributed by atoms with van der Waals surface area (Å²) in [5.74, 6) is -0.157. The van der Waals surface area contributed by atoms with Gasteiger partial charge in [-0.2, -0.15) is 0 Å². The van der Waals surface area contributed by atoms with Crippen LogP contribution in [-0.2, 0) is 16.3 Å². The Morgan fingerprint density at radius 3 is 2.75 bits per heavy atom. The molecule has 1 fully saturated rings. The first-order valence-electron chi connectivity index (χ1n) is 6.59. The number of halogens is 1. The van der Waals surface area contributed by atoms with E-state index in [4.69, 9.17) is 4.74 Å². The number of aliphatic hydroxyl groups is 1. The highest BCUT2D eigenvalue weighted by Crippen LogP contribution is 2.29. The van der Waals surface area contributed by atoms with E-state index < -0.39 is 15.7 Å². The van der Waals surface area contributed by atoms with Gasteiger partial charge in [-0.15, -0.1) is 0 Å². The molecule has 0 aliphatic carbocycles. The zero-order chi connectivity index (χ0) is 14.8. The predicted molar refractivity (Wildman–Crippen MR) is 74.0 cm³/mol. The lowest BCUT2D eigenvalue weighted by Crippen LogP contribution is -2.22. The second-order valence-corrected chi connectivity index (χ2v) is 7.51. The van der Waals surface area contributed by atoms with Crippen molar-refractivity contribution < 1.29 is 22.7 Å². The van der Waals surface area contributed by atoms with E-state index in [-0.39, 0.29) is 35.7 Å². The van der Waals surface area contributed by atoms with Gasteiger partial charge in [0.15, 0.2) is 21.4 Å². The smallest absolute Gasteiger partial charge is 0.165 e. The van der Waals surface area contributed by atoms with Crippen molar-refractivity contribution >= 4 is 9.84 Å². The van der Waals surface area contributed by atoms with Crippen LogP contribution in [0.1, 0.15) is 12.0 Å². The normalized spacial score (nSPS) is 22.6. The third-order valence-corrected chi connectivity index (χ3v) is 5.68. The van der Waals surface area contributed by atoms with Crippen molar-refractivity contribution in [2.75, 3.05) is 25.2 Å². The van der Waals surface area contributed by atoms with Crippen LogP contribution in [0.4, 0.5) is 4.39 Å². The van der Waals surface area contributed by atoms with Crippen molar-refractivity contribution in [1.29, 1.82) is 0 Å². The second-order valence-electron chi connectivity index (χ2n) is 5.28. The summed E-state index contributed by atoms with van der Waals surface area (Å²) in [6, 6.07) is 4.67. The predicted octanol–water partition coefficient (Wildman–Crippen LogP) is 1.42. The van der Waals surface area contributed by atoms with E-state index in [1.54, 1.807) is 12.1 Å². The Kier molecular flexibility index (Phi) is 4.65. The summed E-state index contributed by atoms with van der Waals surface area (Å²) in [5.41, 5.74) is 0.742. The summed E-state index contributed by atoms with van der Waals surface area (Å²) in [5, 5.41) is 9.47. The Morgan fingerprint density at radius 2 is 2.25 bits per heavy atom. The van der Waals surface area contributed by atoms with Crippen molar-refractivity contribution in [1.82, 2.24) is 0 Å². The van der Waals surface area contributed by atoms with Crippen LogP contribution in [0.3, 0.4) is 0 Å². The zero-order valence-electron chi connectivity index (χ0n) is 11.4. The van der Waals surface area contributed by atoms with Crippen LogP contribution in [-0.4, -0.2) is 38.7 Å². The maximum atomic E-state index is 13.6. The summed E-state index contributed by atoms with van der Waals surface area (Å²) < 4.78 is 41.5. The van der Waals surface area contributed by atoms with E-state index >= 15 is 0 Å². The molecule has 2 rings (SSSR count). The topological polar surface area (TPSA) is 63.6 Å². The monoisotopic (exact) mass is 302 g/mol. The highest BCUT2D eigenvalue weighted by molar-refractivity contribution is 7.91. The van der Waals surface area contributed by atoms with Gasteiger partial charge in [0.05, 0.1) is 18.6 Å². The molecule has 1 aliphatic rings. The van der Waals surface area contributed by atoms with E-state index in [9.17, 15) is 17.9 Å². The Balaban J connectivity index is 2.09. The van der Waals surface area contributed by atoms with E-state index in [1.807, 2.05) is 0 Å². The van der Waals surface area contributed by atoms with Gasteiger partial charge in [-0.3, -0.25) is 0 Å². The summed E-state index contributed by atoms with van der Waals surface area (Å²) in [7, 11) is -1.57. The molecule has 0 saturated carbocycles. The average Bonchev–Trinajstić information content (AvgIpc) is 2.76. The molecule has 20 heavy (non-hydrogen) atoms. The molecular formula is C14H19FO4S. The van der Waals surface area contributed by atoms with E-state index in [0.717, 1.165) is 5.56 Å². The molecule has 1 saturated heterocycles. The second kappa shape index (κ2) is 6.10. The fourth-order valence-electron chi connectivity index (χ4n) is 2.72. The van der Waals surface area contributed by atoms with Crippen LogP contribution in [0.5, 0.6) is 5.75 Å². The van der Waals surface area contributed by atoms with Gasteiger partial charge in [0.25, 0.3) is 0 Å². The molecule has 112 valence electrons. The van der Waals surface area contributed by atoms with Gasteiger partial charge < -0.3 is 9.84 Å². The Bertz CT molecular complexity index is 571. The molecule has 6 heteroatoms. The molecule has 1 heterocycles. The Hall–Kier alpha value is -1.14. The summed E-state index contributed by atoms with van der Waals surface area (Å²) >= 11 is 0. The van der Waals surface area contributed by atoms with E-state index in [0.29, 0.717) is 12.8 Å². The minimum atomic E-state index is -2.97. The quantitative estimate of drug-likeness (QED) is 0.893. The number of hydrogen-bond donors (Lipinski definition) is 1. The van der Waals surface area contributed by atoms with E-state index in [1.165, 1.54) is 13.2 Å². The van der Waals surface area contributed by atoms with Crippen LogP contribution in [0.15, 0.2) is 18.2 Å². The summed E-state index contributed by atoms with van der Waals surface area (Å²) in [6.45, 7) is -0.0894. The molecule has 1 aromatic rings. The molecule has 0 aromatic heterocycles. The van der Waals surface area contributed by atoms with Crippen LogP contribution in [0, 0.1) is 17.7 Å². The van der Waals surface area contributed by atoms with Crippen molar-refractivity contribution in [3.63, 3.8) is 0 Å². The van der Waals surface area contributed by atoms with Gasteiger partial charge >= 0.3 is 0 Å². The fraction of sp³-hybridized carbons (Fsp3) is 0.571. The molecule has 1 aliphatic heterocycles. The van der Waals surface area contributed by atoms with Crippen molar-refractivity contribution in [2.45, 2.75) is 12.8 Å². The number of rotatable bonds is 5. The molecule has 0 radical (unpaired) electrons. The number of hydrogen-bond acceptors (Lipinski definition) is 4. The molecule has 1 N–H and O–H groups in total. The van der Waals surface area contributed by atoms with Gasteiger partial charge in [0.1, 0.15) is 0 Å². The van der Waals surface area contributed by atoms with Crippen LogP contribution in [0.25, 0.3) is 0 Å². The molecule has 2 atom stereocenters. The number of benzene rings is 1. The SMILES string of the molecule is COc1ccc(CC(CO)C2CCS(=O)(=O)C2)cc1F. The number of ether oxygens (including phenoxy) is 1. The molecule has 0 spiro atoms. The largest absolute Gasteiger partial charge is 0.494 e. The number of sulfone groups is 1. The van der Waals surface area contributed by atoms with Crippen molar-refractivity contribution in [2.24, 2.45) is 11.8 Å². The van der Waals surface area contributed by atoms with Gasteiger partial charge in [0, 0.05) is 6.61 Å². The number of methoxy groups -OCH3 is 1. The lowest BCUT2D eigenvalue weighted by molar-refractivity contribution is 0.184. The standard InChI is InChI=1S/C14H19FO4S/c1-19-14-3-2-10(7-13(14)15)6-12(8-16)11-4-5-20(17,18)9-11/h2-3,7,11-12,16H,4-6,8-9H2,1H3. The number of aliphatic hydroxyl groups excluding tert-OH is 1. The lowest BCUT2D eigenvalue weighted by Gasteiger charge is -2.20. The molecule has 0 bridgehead atoms. The van der Waals surface area contributed by atoms with Gasteiger partial charge in [-0.25, -0.2) is 12.8 Å². The van der Waals surface area contributed by atoms with Gasteiger partial charge in [0.2, 0.25) is 0 Å². The average molecular weight is 302 g/mol. The van der Waals surface area contributed by atoms with Gasteiger partial charge in [-0.05, 0) is 42.4 Å². The maximum absolute atomic E-state index is 13.6. The Labute approximate surface area is 118 Å². The molecular weight excluding hydrogens is 283 g/mol. The highest BCUT2D eigenvalue weighted by Gasteiger charge is 2.33. The lowest BCUT2D eigenvalue weighted by atomic mass is 9.87. The maximum Gasteiger partial charge on any atom is 0.165 e. The molecule has 1 aromatic carbocycles. The van der Waals surface area contributed by atoms with Crippen molar-refractivity contribution in [3.8, 4) is 5.75 Å². The summed E-state index contributed by atoms with van der Waals surface area (Å²) in [4.78, 5) is 0. The minimum Gasteiger partial charge on any atom is -0.494 e. The van der Waals surface area contributed by atoms with Crippen LogP contribution in [0.2, 0.25) is 0 Å². The van der Waals surface area contributed by atoms with E-state index in [2.05, 4.69) is 0 Å². The van der Waals surface area contributed by atoms with Crippen LogP contribution >= 0.6 is 0 Å². The first-order valence-corrected chi connectivity index (χ1v) is 8.41. The fourth-order valence-corrected chi connectivity index (χ4v) is 4.64. The Morgan fingerprint density at radius 1 is 1.50 bits per heavy atom. The van der Waals surface area contributed by atoms with Crippen molar-refractivity contribution in [3.05, 3.63) is 29.6 Å². The zero-order valence-corrected chi connectivity index (χ0v) is 12.2. The highest BCUT2D eigenvalue weighted by atomic mass is 32.2. The first kappa shape index (κ1) is 15.3. The summed E-state index contributed by atoms with van der Waals surface area (Å²) in [6.07, 6.45) is 1.05. The first-order chi connectivity index (χ1) is 9.45. The molecule has 4 nitrogen and oxygen atoms in total. The third-order valence-electron chi connectivity index (χ3n) is 3.88. The third kappa shape index (κ3) is 3.49. The minimum absolute atomic E-state index is 0.0461. The van der Waals surface area contributed by atoms with Gasteiger partial charge in [-0.1, -0.05) is 6.07 Å². The molecule has 2 unspecified atom stereocenters.